The molecule has 0 bridgehead atoms. The van der Waals surface area contributed by atoms with E-state index in [0.29, 0.717) is 27.8 Å². The molecule has 1 heterocycles. The Morgan fingerprint density at radius 3 is 2.59 bits per heavy atom. The largest absolute Gasteiger partial charge is 0.444 e. The van der Waals surface area contributed by atoms with Crippen molar-refractivity contribution in [3.8, 4) is 11.3 Å². The van der Waals surface area contributed by atoms with Crippen molar-refractivity contribution >= 4 is 29.2 Å². The van der Waals surface area contributed by atoms with Gasteiger partial charge in [0, 0.05) is 24.4 Å². The lowest BCUT2D eigenvalue weighted by molar-refractivity contribution is 0.0636. The number of carbonyl (C=O) groups is 1. The van der Waals surface area contributed by atoms with Crippen LogP contribution in [0.15, 0.2) is 24.3 Å². The number of anilines is 2. The number of nitrogens with two attached hydrogens (primary N) is 1. The average molecular weight is 323 g/mol. The van der Waals surface area contributed by atoms with Crippen LogP contribution in [-0.2, 0) is 11.8 Å². The fourth-order valence-electron chi connectivity index (χ4n) is 1.83. The molecule has 6 nitrogen and oxygen atoms in total. The van der Waals surface area contributed by atoms with E-state index in [9.17, 15) is 4.79 Å². The van der Waals surface area contributed by atoms with Crippen LogP contribution in [0.4, 0.5) is 16.3 Å². The first-order chi connectivity index (χ1) is 10.2. The summed E-state index contributed by atoms with van der Waals surface area (Å²) in [4.78, 5) is 11.8. The summed E-state index contributed by atoms with van der Waals surface area (Å²) in [6.45, 7) is 5.41. The Morgan fingerprint density at radius 2 is 2.05 bits per heavy atom. The van der Waals surface area contributed by atoms with E-state index >= 15 is 0 Å². The van der Waals surface area contributed by atoms with Crippen molar-refractivity contribution in [1.82, 2.24) is 9.78 Å². The molecule has 0 spiro atoms. The highest BCUT2D eigenvalue weighted by Crippen LogP contribution is 2.30. The summed E-state index contributed by atoms with van der Waals surface area (Å²) in [7, 11) is 1.75. The van der Waals surface area contributed by atoms with Gasteiger partial charge in [-0.2, -0.15) is 5.10 Å². The summed E-state index contributed by atoms with van der Waals surface area (Å²) >= 11 is 6.20. The number of nitrogens with zero attached hydrogens (tertiary/aromatic N) is 2. The molecule has 118 valence electrons. The SMILES string of the molecule is Cn1nc(-c2cc(NC(=O)OC(C)(C)C)ccc2Cl)cc1N. The summed E-state index contributed by atoms with van der Waals surface area (Å²) in [5.41, 5.74) is 7.11. The Bertz CT molecular complexity index is 685. The third-order valence-electron chi connectivity index (χ3n) is 2.80. The number of rotatable bonds is 2. The topological polar surface area (TPSA) is 82.2 Å². The van der Waals surface area contributed by atoms with Crippen LogP contribution in [0, 0.1) is 0 Å². The van der Waals surface area contributed by atoms with Gasteiger partial charge in [-0.15, -0.1) is 0 Å². The first-order valence-electron chi connectivity index (χ1n) is 6.75. The van der Waals surface area contributed by atoms with Crippen LogP contribution in [0.25, 0.3) is 11.3 Å². The summed E-state index contributed by atoms with van der Waals surface area (Å²) in [5.74, 6) is 0.525. The number of aryl methyl sites for hydroxylation is 1. The molecule has 1 aromatic heterocycles. The van der Waals surface area contributed by atoms with Crippen LogP contribution in [-0.4, -0.2) is 21.5 Å². The normalized spacial score (nSPS) is 11.3. The molecule has 0 aliphatic rings. The molecule has 1 aromatic carbocycles. The van der Waals surface area contributed by atoms with Gasteiger partial charge in [0.15, 0.2) is 0 Å². The van der Waals surface area contributed by atoms with E-state index in [1.165, 1.54) is 0 Å². The zero-order valence-electron chi connectivity index (χ0n) is 13.0. The van der Waals surface area contributed by atoms with Crippen molar-refractivity contribution in [1.29, 1.82) is 0 Å². The smallest absolute Gasteiger partial charge is 0.412 e. The van der Waals surface area contributed by atoms with Gasteiger partial charge in [-0.25, -0.2) is 4.79 Å². The van der Waals surface area contributed by atoms with E-state index in [1.54, 1.807) is 56.8 Å². The highest BCUT2D eigenvalue weighted by molar-refractivity contribution is 6.33. The highest BCUT2D eigenvalue weighted by atomic mass is 35.5. The molecule has 2 aromatic rings. The Kier molecular flexibility index (Phi) is 4.32. The molecule has 0 unspecified atom stereocenters. The van der Waals surface area contributed by atoms with Crippen molar-refractivity contribution in [2.75, 3.05) is 11.1 Å². The molecule has 0 aliphatic heterocycles. The van der Waals surface area contributed by atoms with E-state index < -0.39 is 11.7 Å². The van der Waals surface area contributed by atoms with Crippen molar-refractivity contribution in [3.05, 3.63) is 29.3 Å². The molecule has 2 rings (SSSR count). The van der Waals surface area contributed by atoms with Crippen LogP contribution in [0.1, 0.15) is 20.8 Å². The van der Waals surface area contributed by atoms with Crippen molar-refractivity contribution < 1.29 is 9.53 Å². The van der Waals surface area contributed by atoms with Crippen LogP contribution < -0.4 is 11.1 Å². The Hall–Kier alpha value is -2.21. The maximum atomic E-state index is 11.8. The van der Waals surface area contributed by atoms with Crippen LogP contribution >= 0.6 is 11.6 Å². The molecular weight excluding hydrogens is 304 g/mol. The lowest BCUT2D eigenvalue weighted by Crippen LogP contribution is -2.27. The van der Waals surface area contributed by atoms with E-state index in [4.69, 9.17) is 22.1 Å². The van der Waals surface area contributed by atoms with E-state index in [0.717, 1.165) is 0 Å². The number of nitrogens with one attached hydrogen (secondary N) is 1. The second-order valence-corrected chi connectivity index (χ2v) is 6.31. The van der Waals surface area contributed by atoms with Gasteiger partial charge < -0.3 is 10.5 Å². The molecule has 22 heavy (non-hydrogen) atoms. The summed E-state index contributed by atoms with van der Waals surface area (Å²) in [6.07, 6.45) is -0.527. The van der Waals surface area contributed by atoms with Crippen LogP contribution in [0.5, 0.6) is 0 Å². The van der Waals surface area contributed by atoms with Gasteiger partial charge in [-0.1, -0.05) is 11.6 Å². The fraction of sp³-hybridized carbons (Fsp3) is 0.333. The molecule has 0 fully saturated rings. The Labute approximate surface area is 134 Å². The van der Waals surface area contributed by atoms with Gasteiger partial charge in [0.05, 0.1) is 10.7 Å². The highest BCUT2D eigenvalue weighted by Gasteiger charge is 2.17. The van der Waals surface area contributed by atoms with Gasteiger partial charge >= 0.3 is 6.09 Å². The van der Waals surface area contributed by atoms with Gasteiger partial charge in [-0.3, -0.25) is 10.00 Å². The number of amides is 1. The van der Waals surface area contributed by atoms with E-state index in [1.807, 2.05) is 0 Å². The second-order valence-electron chi connectivity index (χ2n) is 5.90. The van der Waals surface area contributed by atoms with Crippen molar-refractivity contribution in [2.45, 2.75) is 26.4 Å². The molecule has 0 aliphatic carbocycles. The zero-order chi connectivity index (χ0) is 16.5. The van der Waals surface area contributed by atoms with Crippen LogP contribution in [0.2, 0.25) is 5.02 Å². The first-order valence-corrected chi connectivity index (χ1v) is 7.13. The van der Waals surface area contributed by atoms with Crippen molar-refractivity contribution in [2.24, 2.45) is 7.05 Å². The van der Waals surface area contributed by atoms with Gasteiger partial charge in [-0.05, 0) is 39.0 Å². The lowest BCUT2D eigenvalue weighted by Gasteiger charge is -2.19. The zero-order valence-corrected chi connectivity index (χ0v) is 13.7. The average Bonchev–Trinajstić information content (AvgIpc) is 2.69. The number of halogens is 1. The molecule has 0 saturated carbocycles. The Morgan fingerprint density at radius 1 is 1.36 bits per heavy atom. The predicted molar refractivity (Wildman–Crippen MR) is 87.9 cm³/mol. The monoisotopic (exact) mass is 322 g/mol. The molecule has 1 amide bonds. The third kappa shape index (κ3) is 3.92. The minimum atomic E-state index is -0.561. The number of hydrogen-bond donors (Lipinski definition) is 2. The fourth-order valence-corrected chi connectivity index (χ4v) is 2.05. The second kappa shape index (κ2) is 5.88. The summed E-state index contributed by atoms with van der Waals surface area (Å²) in [6, 6.07) is 6.84. The predicted octanol–water partition coefficient (Wildman–Crippen LogP) is 3.67. The number of aromatic nitrogens is 2. The van der Waals surface area contributed by atoms with E-state index in [-0.39, 0.29) is 0 Å². The third-order valence-corrected chi connectivity index (χ3v) is 3.13. The Balaban J connectivity index is 2.25. The van der Waals surface area contributed by atoms with Gasteiger partial charge in [0.2, 0.25) is 0 Å². The summed E-state index contributed by atoms with van der Waals surface area (Å²) in [5, 5.41) is 7.48. The van der Waals surface area contributed by atoms with Gasteiger partial charge in [0.25, 0.3) is 0 Å². The minimum Gasteiger partial charge on any atom is -0.444 e. The summed E-state index contributed by atoms with van der Waals surface area (Å²) < 4.78 is 6.77. The molecule has 0 atom stereocenters. The number of ether oxygens (including phenoxy) is 1. The van der Waals surface area contributed by atoms with Crippen LogP contribution in [0.3, 0.4) is 0 Å². The lowest BCUT2D eigenvalue weighted by atomic mass is 10.1. The quantitative estimate of drug-likeness (QED) is 0.883. The number of nitrogen functional groups attached to an aromatic ring is 1. The molecule has 3 N–H and O–H groups in total. The molecular formula is C15H19ClN4O2. The maximum absolute atomic E-state index is 11.8. The number of hydrogen-bond acceptors (Lipinski definition) is 4. The minimum absolute atomic E-state index is 0.521. The molecule has 0 saturated heterocycles. The van der Waals surface area contributed by atoms with Gasteiger partial charge in [0.1, 0.15) is 11.4 Å². The number of benzene rings is 1. The number of carbonyl (C=O) groups excluding carboxylic acids is 1. The van der Waals surface area contributed by atoms with E-state index in [2.05, 4.69) is 10.4 Å². The molecule has 0 radical (unpaired) electrons. The maximum Gasteiger partial charge on any atom is 0.412 e. The van der Waals surface area contributed by atoms with Crippen molar-refractivity contribution in [3.63, 3.8) is 0 Å². The molecule has 7 heteroatoms. The first kappa shape index (κ1) is 16.2. The standard InChI is InChI=1S/C15H19ClN4O2/c1-15(2,3)22-14(21)18-9-5-6-11(16)10(7-9)12-8-13(17)20(4)19-12/h5-8H,17H2,1-4H3,(H,18,21).